The Labute approximate surface area is 244 Å². The molecule has 0 spiro atoms. The van der Waals surface area contributed by atoms with Crippen LogP contribution in [0.1, 0.15) is 74.7 Å². The van der Waals surface area contributed by atoms with Crippen molar-refractivity contribution in [1.29, 1.82) is 0 Å². The second-order valence-corrected chi connectivity index (χ2v) is 13.6. The number of quaternary nitrogens is 1. The summed E-state index contributed by atoms with van der Waals surface area (Å²) < 4.78 is 16.9. The second-order valence-electron chi connectivity index (χ2n) is 13.6. The molecule has 2 aliphatic rings. The van der Waals surface area contributed by atoms with Crippen LogP contribution in [0.3, 0.4) is 0 Å². The van der Waals surface area contributed by atoms with Gasteiger partial charge in [-0.3, -0.25) is 4.79 Å². The summed E-state index contributed by atoms with van der Waals surface area (Å²) in [5.74, 6) is -4.39. The number of hydrogen-bond acceptors (Lipinski definition) is 11. The van der Waals surface area contributed by atoms with Crippen LogP contribution in [0.25, 0.3) is 0 Å². The highest BCUT2D eigenvalue weighted by molar-refractivity contribution is 5.73. The minimum Gasteiger partial charge on any atom is -0.633 e. The zero-order valence-corrected chi connectivity index (χ0v) is 26.3. The van der Waals surface area contributed by atoms with Gasteiger partial charge in [-0.2, -0.15) is 0 Å². The van der Waals surface area contributed by atoms with E-state index in [0.717, 1.165) is 0 Å². The molecule has 6 N–H and O–H groups in total. The van der Waals surface area contributed by atoms with Crippen LogP contribution in [0.5, 0.6) is 0 Å². The zero-order valence-electron chi connectivity index (χ0n) is 26.3. The van der Waals surface area contributed by atoms with Gasteiger partial charge in [-0.15, -0.1) is 0 Å². The molecule has 0 aliphatic carbocycles. The number of carbonyl (C=O) groups is 1. The maximum Gasteiger partial charge on any atom is 0.311 e. The minimum atomic E-state index is -1.91. The normalized spacial score (nSPS) is 49.7. The first-order chi connectivity index (χ1) is 18.6. The number of nitrogens with zero attached hydrogens (tertiary/aromatic N) is 1. The number of esters is 1. The topological polar surface area (TPSA) is 189 Å². The van der Waals surface area contributed by atoms with Gasteiger partial charge in [-0.25, -0.2) is 0 Å². The van der Waals surface area contributed by atoms with E-state index in [4.69, 9.17) is 14.2 Å². The molecule has 242 valence electrons. The van der Waals surface area contributed by atoms with Gasteiger partial charge in [-0.05, 0) is 46.5 Å². The van der Waals surface area contributed by atoms with Crippen molar-refractivity contribution >= 4 is 5.97 Å². The zero-order chi connectivity index (χ0) is 31.8. The lowest BCUT2D eigenvalue weighted by molar-refractivity contribution is -0.874. The van der Waals surface area contributed by atoms with E-state index in [1.807, 2.05) is 0 Å². The first kappa shape index (κ1) is 36.3. The summed E-state index contributed by atoms with van der Waals surface area (Å²) in [6.45, 7) is 12.5. The summed E-state index contributed by atoms with van der Waals surface area (Å²) in [4.78, 5) is 13.2. The number of aliphatic hydroxyl groups is 6. The lowest BCUT2D eigenvalue weighted by Crippen LogP contribution is -2.62. The van der Waals surface area contributed by atoms with Crippen molar-refractivity contribution in [3.8, 4) is 0 Å². The van der Waals surface area contributed by atoms with E-state index >= 15 is 0 Å². The number of hydroxylamine groups is 3. The quantitative estimate of drug-likeness (QED) is 0.153. The lowest BCUT2D eigenvalue weighted by atomic mass is 9.73. The fraction of sp³-hybridized carbons (Fsp3) is 0.966. The highest BCUT2D eigenvalue weighted by Gasteiger charge is 2.52. The average molecular weight is 594 g/mol. The first-order valence-corrected chi connectivity index (χ1v) is 14.8. The van der Waals surface area contributed by atoms with Gasteiger partial charge in [0.1, 0.15) is 17.7 Å². The van der Waals surface area contributed by atoms with E-state index in [9.17, 15) is 40.6 Å². The van der Waals surface area contributed by atoms with Crippen LogP contribution in [0, 0.1) is 28.9 Å². The Hall–Kier alpha value is -0.930. The molecule has 0 saturated carbocycles. The molecule has 12 nitrogen and oxygen atoms in total. The van der Waals surface area contributed by atoms with Crippen LogP contribution >= 0.6 is 0 Å². The minimum absolute atomic E-state index is 0.0734. The monoisotopic (exact) mass is 593 g/mol. The van der Waals surface area contributed by atoms with Crippen molar-refractivity contribution in [2.75, 3.05) is 14.1 Å². The Balaban J connectivity index is 2.56. The Morgan fingerprint density at radius 1 is 0.976 bits per heavy atom. The highest BCUT2D eigenvalue weighted by Crippen LogP contribution is 2.38. The van der Waals surface area contributed by atoms with Crippen molar-refractivity contribution < 1.29 is 54.3 Å². The molecule has 2 heterocycles. The number of likely N-dealkylation sites (N-methyl/N-ethyl adjacent to an activating group) is 1. The fourth-order valence-electron chi connectivity index (χ4n) is 6.70. The molecule has 0 unspecified atom stereocenters. The molecule has 2 fully saturated rings. The smallest absolute Gasteiger partial charge is 0.311 e. The molecule has 2 saturated heterocycles. The van der Waals surface area contributed by atoms with Crippen molar-refractivity contribution in [2.24, 2.45) is 23.7 Å². The number of hydrogen-bond donors (Lipinski definition) is 6. The molecule has 0 aromatic heterocycles. The van der Waals surface area contributed by atoms with Gasteiger partial charge in [0.05, 0.1) is 56.1 Å². The van der Waals surface area contributed by atoms with Gasteiger partial charge in [-0.1, -0.05) is 27.7 Å². The standard InChI is InChI=1S/C29H55NO11/c1-11-20-29(8,37)24(34)16(4)21(31)14(2)13-28(7,36)25(17(5)22(32)18(6)26(35)40-20)41-27-23(33)19(30(9,10)38)12-15(3)39-27/h14-25,27,31-34,36-37H,11-13H2,1-10H3/t14-,15-,16+,17+,18-,19+,20-,21+,22+,23-,24-,25-,27+,28-,29-/m1/s1. The molecule has 0 radical (unpaired) electrons. The number of carbonyl (C=O) groups excluding carboxylic acids is 1. The molecule has 2 rings (SSSR count). The van der Waals surface area contributed by atoms with Crippen LogP contribution in [0.4, 0.5) is 0 Å². The third-order valence-corrected chi connectivity index (χ3v) is 9.44. The third-order valence-electron chi connectivity index (χ3n) is 9.44. The van der Waals surface area contributed by atoms with Gasteiger partial charge in [0, 0.05) is 18.3 Å². The molecule has 12 heteroatoms. The molecular formula is C29H55NO11. The first-order valence-electron chi connectivity index (χ1n) is 14.8. The average Bonchev–Trinajstić information content (AvgIpc) is 2.87. The Morgan fingerprint density at radius 2 is 1.54 bits per heavy atom. The molecular weight excluding hydrogens is 538 g/mol. The molecule has 15 atom stereocenters. The van der Waals surface area contributed by atoms with E-state index in [1.165, 1.54) is 34.9 Å². The van der Waals surface area contributed by atoms with E-state index in [2.05, 4.69) is 0 Å². The lowest BCUT2D eigenvalue weighted by Gasteiger charge is -2.51. The van der Waals surface area contributed by atoms with Gasteiger partial charge >= 0.3 is 5.97 Å². The molecule has 2 aliphatic heterocycles. The van der Waals surface area contributed by atoms with Gasteiger partial charge in [0.25, 0.3) is 0 Å². The third kappa shape index (κ3) is 7.97. The number of rotatable bonds is 4. The van der Waals surface area contributed by atoms with Crippen molar-refractivity contribution in [1.82, 2.24) is 0 Å². The van der Waals surface area contributed by atoms with Gasteiger partial charge in [0.2, 0.25) is 0 Å². The number of cyclic esters (lactones) is 1. The maximum atomic E-state index is 13.2. The summed E-state index contributed by atoms with van der Waals surface area (Å²) in [6.07, 6.45) is -9.19. The second kappa shape index (κ2) is 13.4. The molecule has 0 bridgehead atoms. The molecule has 41 heavy (non-hydrogen) atoms. The van der Waals surface area contributed by atoms with E-state index < -0.39 is 101 Å². The summed E-state index contributed by atoms with van der Waals surface area (Å²) in [5.41, 5.74) is -3.66. The van der Waals surface area contributed by atoms with E-state index in [1.54, 1.807) is 34.6 Å². The Kier molecular flexibility index (Phi) is 11.8. The van der Waals surface area contributed by atoms with Crippen molar-refractivity contribution in [2.45, 2.75) is 141 Å². The Bertz CT molecular complexity index is 862. The fourth-order valence-corrected chi connectivity index (χ4v) is 6.70. The van der Waals surface area contributed by atoms with Crippen LogP contribution in [-0.4, -0.2) is 122 Å². The molecule has 0 aromatic rings. The summed E-state index contributed by atoms with van der Waals surface area (Å²) in [7, 11) is 2.83. The molecule has 0 amide bonds. The largest absolute Gasteiger partial charge is 0.633 e. The van der Waals surface area contributed by atoms with Gasteiger partial charge < -0.3 is 54.7 Å². The Morgan fingerprint density at radius 3 is 2.05 bits per heavy atom. The molecule has 0 aromatic carbocycles. The summed E-state index contributed by atoms with van der Waals surface area (Å²) in [5, 5.41) is 80.6. The van der Waals surface area contributed by atoms with Crippen LogP contribution in [-0.2, 0) is 19.0 Å². The van der Waals surface area contributed by atoms with Gasteiger partial charge in [0.15, 0.2) is 12.4 Å². The van der Waals surface area contributed by atoms with E-state index in [-0.39, 0.29) is 19.3 Å². The summed E-state index contributed by atoms with van der Waals surface area (Å²) in [6, 6.07) is -0.775. The number of aliphatic hydroxyl groups excluding tert-OH is 4. The predicted molar refractivity (Wildman–Crippen MR) is 150 cm³/mol. The predicted octanol–water partition coefficient (Wildman–Crippen LogP) is 0.665. The highest BCUT2D eigenvalue weighted by atomic mass is 16.7. The van der Waals surface area contributed by atoms with Crippen LogP contribution < -0.4 is 0 Å². The SMILES string of the molecule is CC[C@H]1OC(=O)[C@H](C)[C@@H](O)[C@H](C)[C@@H](O[C@@H]2O[C@H](C)C[C@H]([N+](C)(C)[O-])[C@H]2O)[C@](C)(O)C[C@@H](C)[C@H](O)[C@H](C)[C@@H](O)[C@]1(C)O. The summed E-state index contributed by atoms with van der Waals surface area (Å²) >= 11 is 0. The number of ether oxygens (including phenoxy) is 3. The van der Waals surface area contributed by atoms with Crippen LogP contribution in [0.2, 0.25) is 0 Å². The van der Waals surface area contributed by atoms with Crippen molar-refractivity contribution in [3.05, 3.63) is 5.21 Å². The van der Waals surface area contributed by atoms with Crippen LogP contribution in [0.15, 0.2) is 0 Å². The van der Waals surface area contributed by atoms with Crippen molar-refractivity contribution in [3.63, 3.8) is 0 Å². The maximum absolute atomic E-state index is 13.2. The van der Waals surface area contributed by atoms with E-state index in [0.29, 0.717) is 0 Å².